The van der Waals surface area contributed by atoms with Crippen LogP contribution in [0, 0.1) is 0 Å². The van der Waals surface area contributed by atoms with Gasteiger partial charge in [0.05, 0.1) is 0 Å². The highest BCUT2D eigenvalue weighted by Gasteiger charge is 1.67. The van der Waals surface area contributed by atoms with Crippen molar-refractivity contribution >= 4 is 6.41 Å². The Morgan fingerprint density at radius 3 is 1.90 bits per heavy atom. The third-order valence-corrected chi connectivity index (χ3v) is 0.718. The molecule has 0 radical (unpaired) electrons. The number of rotatable bonds is 0. The van der Waals surface area contributed by atoms with E-state index in [4.69, 9.17) is 4.79 Å². The molecule has 1 aliphatic heterocycles. The lowest BCUT2D eigenvalue weighted by Crippen LogP contribution is -1.87. The third kappa shape index (κ3) is 6.49. The monoisotopic (exact) mass is 138 g/mol. The van der Waals surface area contributed by atoms with Crippen LogP contribution in [-0.2, 0) is 4.79 Å². The van der Waals surface area contributed by atoms with Gasteiger partial charge in [0.15, 0.2) is 0 Å². The molecule has 0 saturated carbocycles. The molecule has 0 fully saturated rings. The summed E-state index contributed by atoms with van der Waals surface area (Å²) in [6.45, 7) is 0. The topological polar surface area (TPSA) is 55.1 Å². The number of hydrogen-bond acceptors (Lipinski definition) is 2. The molecule has 0 saturated heterocycles. The Balaban J connectivity index is 0.000000236. The van der Waals surface area contributed by atoms with E-state index < -0.39 is 0 Å². The van der Waals surface area contributed by atoms with Crippen molar-refractivity contribution in [3.8, 4) is 0 Å². The van der Waals surface area contributed by atoms with Gasteiger partial charge in [-0.1, -0.05) is 12.2 Å². The van der Waals surface area contributed by atoms with Crippen molar-refractivity contribution in [3.05, 3.63) is 36.7 Å². The minimum Gasteiger partial charge on any atom is -0.372 e. The van der Waals surface area contributed by atoms with Crippen molar-refractivity contribution in [2.24, 2.45) is 5.73 Å². The first-order valence-corrected chi connectivity index (χ1v) is 2.81. The number of carbonyl (C=O) groups excluding carboxylic acids is 1. The average Bonchev–Trinajstić information content (AvgIpc) is 2.17. The minimum atomic E-state index is 0.250. The van der Waals surface area contributed by atoms with Crippen LogP contribution in [0.2, 0.25) is 0 Å². The molecule has 0 aromatic heterocycles. The molecule has 1 amide bonds. The van der Waals surface area contributed by atoms with Gasteiger partial charge >= 0.3 is 0 Å². The molecule has 0 atom stereocenters. The molecule has 3 nitrogen and oxygen atoms in total. The van der Waals surface area contributed by atoms with Crippen LogP contribution in [0.1, 0.15) is 0 Å². The Labute approximate surface area is 59.9 Å². The van der Waals surface area contributed by atoms with E-state index in [2.05, 4.69) is 11.1 Å². The molecule has 0 unspecified atom stereocenters. The van der Waals surface area contributed by atoms with Gasteiger partial charge in [0.25, 0.3) is 0 Å². The third-order valence-electron chi connectivity index (χ3n) is 0.718. The van der Waals surface area contributed by atoms with Gasteiger partial charge in [0, 0.05) is 12.4 Å². The second-order valence-electron chi connectivity index (χ2n) is 1.41. The molecule has 0 aromatic carbocycles. The van der Waals surface area contributed by atoms with Gasteiger partial charge in [0.1, 0.15) is 0 Å². The Morgan fingerprint density at radius 2 is 1.50 bits per heavy atom. The molecule has 3 heteroatoms. The lowest BCUT2D eigenvalue weighted by atomic mass is 10.5. The van der Waals surface area contributed by atoms with E-state index in [0.717, 1.165) is 0 Å². The van der Waals surface area contributed by atoms with Crippen molar-refractivity contribution in [1.29, 1.82) is 0 Å². The summed E-state index contributed by atoms with van der Waals surface area (Å²) in [5.41, 5.74) is 4.17. The van der Waals surface area contributed by atoms with E-state index >= 15 is 0 Å². The fourth-order valence-electron chi connectivity index (χ4n) is 0.406. The molecular weight excluding hydrogens is 128 g/mol. The van der Waals surface area contributed by atoms with Crippen LogP contribution in [0.25, 0.3) is 0 Å². The SMILES string of the molecule is C1=CC=CNC=C1.NC=O. The molecule has 0 spiro atoms. The van der Waals surface area contributed by atoms with Gasteiger partial charge in [-0.2, -0.15) is 0 Å². The summed E-state index contributed by atoms with van der Waals surface area (Å²) in [5, 5.41) is 2.92. The summed E-state index contributed by atoms with van der Waals surface area (Å²) in [4.78, 5) is 8.58. The Kier molecular flexibility index (Phi) is 6.36. The predicted molar refractivity (Wildman–Crippen MR) is 40.8 cm³/mol. The number of nitrogens with two attached hydrogens (primary N) is 1. The molecule has 3 N–H and O–H groups in total. The van der Waals surface area contributed by atoms with Crippen LogP contribution < -0.4 is 11.1 Å². The first-order chi connectivity index (χ1) is 4.91. The normalized spacial score (nSPS) is 12.4. The molecule has 1 rings (SSSR count). The van der Waals surface area contributed by atoms with E-state index in [0.29, 0.717) is 0 Å². The van der Waals surface area contributed by atoms with Gasteiger partial charge in [-0.3, -0.25) is 4.79 Å². The van der Waals surface area contributed by atoms with Crippen molar-refractivity contribution in [3.63, 3.8) is 0 Å². The molecule has 54 valence electrons. The number of allylic oxidation sites excluding steroid dienone is 4. The quantitative estimate of drug-likeness (QED) is 0.472. The summed E-state index contributed by atoms with van der Waals surface area (Å²) in [7, 11) is 0. The summed E-state index contributed by atoms with van der Waals surface area (Å²) >= 11 is 0. The lowest BCUT2D eigenvalue weighted by molar-refractivity contribution is -0.106. The van der Waals surface area contributed by atoms with Gasteiger partial charge in [-0.25, -0.2) is 0 Å². The van der Waals surface area contributed by atoms with E-state index in [1.807, 2.05) is 36.7 Å². The second-order valence-corrected chi connectivity index (χ2v) is 1.41. The van der Waals surface area contributed by atoms with Gasteiger partial charge in [-0.05, 0) is 12.2 Å². The van der Waals surface area contributed by atoms with Crippen LogP contribution in [0.15, 0.2) is 36.7 Å². The molecule has 0 bridgehead atoms. The summed E-state index contributed by atoms with van der Waals surface area (Å²) in [5.74, 6) is 0. The first kappa shape index (κ1) is 8.49. The highest BCUT2D eigenvalue weighted by atomic mass is 16.1. The van der Waals surface area contributed by atoms with Crippen LogP contribution >= 0.6 is 0 Å². The Hall–Kier alpha value is -1.51. The minimum absolute atomic E-state index is 0.250. The van der Waals surface area contributed by atoms with Crippen molar-refractivity contribution in [1.82, 2.24) is 5.32 Å². The predicted octanol–water partition coefficient (Wildman–Crippen LogP) is 0.275. The lowest BCUT2D eigenvalue weighted by Gasteiger charge is -1.79. The van der Waals surface area contributed by atoms with Crippen molar-refractivity contribution < 1.29 is 4.79 Å². The zero-order valence-electron chi connectivity index (χ0n) is 5.53. The zero-order valence-corrected chi connectivity index (χ0v) is 5.53. The molecular formula is C7H10N2O. The zero-order chi connectivity index (χ0) is 7.66. The van der Waals surface area contributed by atoms with Crippen LogP contribution in [0.5, 0.6) is 0 Å². The number of carbonyl (C=O) groups is 1. The fourth-order valence-corrected chi connectivity index (χ4v) is 0.406. The largest absolute Gasteiger partial charge is 0.372 e. The molecule has 0 aromatic rings. The number of hydrogen-bond donors (Lipinski definition) is 2. The van der Waals surface area contributed by atoms with Crippen molar-refractivity contribution in [2.75, 3.05) is 0 Å². The van der Waals surface area contributed by atoms with Crippen LogP contribution in [0.4, 0.5) is 0 Å². The van der Waals surface area contributed by atoms with Gasteiger partial charge < -0.3 is 11.1 Å². The first-order valence-electron chi connectivity index (χ1n) is 2.81. The maximum absolute atomic E-state index is 8.58. The standard InChI is InChI=1S/C6H7N.CH3NO/c1-2-4-6-7-5-3-1;2-1-3/h1-7H;1H,(H2,2,3). The van der Waals surface area contributed by atoms with Crippen LogP contribution in [0.3, 0.4) is 0 Å². The van der Waals surface area contributed by atoms with E-state index in [1.165, 1.54) is 0 Å². The molecule has 1 heterocycles. The van der Waals surface area contributed by atoms with Crippen molar-refractivity contribution in [2.45, 2.75) is 0 Å². The van der Waals surface area contributed by atoms with E-state index in [1.54, 1.807) is 0 Å². The van der Waals surface area contributed by atoms with Crippen LogP contribution in [-0.4, -0.2) is 6.41 Å². The number of amides is 1. The van der Waals surface area contributed by atoms with Gasteiger partial charge in [0.2, 0.25) is 6.41 Å². The maximum atomic E-state index is 8.58. The number of primary amides is 1. The maximum Gasteiger partial charge on any atom is 0.204 e. The second kappa shape index (κ2) is 7.49. The van der Waals surface area contributed by atoms with Gasteiger partial charge in [-0.15, -0.1) is 0 Å². The van der Waals surface area contributed by atoms with E-state index in [9.17, 15) is 0 Å². The van der Waals surface area contributed by atoms with E-state index in [-0.39, 0.29) is 6.41 Å². The molecule has 0 aliphatic carbocycles. The fraction of sp³-hybridized carbons (Fsp3) is 0. The number of nitrogens with one attached hydrogen (secondary N) is 1. The summed E-state index contributed by atoms with van der Waals surface area (Å²) < 4.78 is 0. The molecule has 10 heavy (non-hydrogen) atoms. The smallest absolute Gasteiger partial charge is 0.204 e. The Bertz CT molecular complexity index is 145. The summed E-state index contributed by atoms with van der Waals surface area (Å²) in [6, 6.07) is 0. The molecule has 1 aliphatic rings. The highest BCUT2D eigenvalue weighted by molar-refractivity contribution is 5.42. The summed E-state index contributed by atoms with van der Waals surface area (Å²) in [6.07, 6.45) is 11.8. The average molecular weight is 138 g/mol. The Morgan fingerprint density at radius 1 is 1.10 bits per heavy atom. The highest BCUT2D eigenvalue weighted by Crippen LogP contribution is 1.81.